The molecule has 0 saturated carbocycles. The van der Waals surface area contributed by atoms with Crippen LogP contribution in [0.15, 0.2) is 53.6 Å². The van der Waals surface area contributed by atoms with Crippen LogP contribution in [0.4, 0.5) is 10.1 Å². The minimum atomic E-state index is -4.01. The van der Waals surface area contributed by atoms with Crippen LogP contribution in [0.5, 0.6) is 0 Å². The van der Waals surface area contributed by atoms with Crippen LogP contribution in [0.3, 0.4) is 0 Å². The van der Waals surface area contributed by atoms with Gasteiger partial charge < -0.3 is 9.88 Å². The highest BCUT2D eigenvalue weighted by Gasteiger charge is 2.32. The molecule has 9 nitrogen and oxygen atoms in total. The molecule has 1 aliphatic rings. The van der Waals surface area contributed by atoms with Crippen molar-refractivity contribution in [2.45, 2.75) is 4.90 Å². The molecule has 0 spiro atoms. The summed E-state index contributed by atoms with van der Waals surface area (Å²) in [7, 11) is -4.01. The second-order valence-corrected chi connectivity index (χ2v) is 8.72. The molecule has 1 saturated heterocycles. The van der Waals surface area contributed by atoms with E-state index < -0.39 is 25.7 Å². The highest BCUT2D eigenvalue weighted by molar-refractivity contribution is 7.89. The number of nitro groups is 1. The summed E-state index contributed by atoms with van der Waals surface area (Å²) in [5, 5.41) is 11.5. The number of hydrogen-bond acceptors (Lipinski definition) is 5. The number of nitro benzene ring substituents is 1. The zero-order chi connectivity index (χ0) is 21.5. The predicted octanol–water partition coefficient (Wildman–Crippen LogP) is 2.36. The fraction of sp³-hybridized carbons (Fsp3) is 0.211. The maximum absolute atomic E-state index is 13.9. The number of carbonyl (C=O) groups is 1. The van der Waals surface area contributed by atoms with Crippen molar-refractivity contribution in [3.05, 3.63) is 70.2 Å². The zero-order valence-corrected chi connectivity index (χ0v) is 16.4. The Kier molecular flexibility index (Phi) is 5.00. The maximum atomic E-state index is 13.9. The number of fused-ring (bicyclic) bond motifs is 1. The van der Waals surface area contributed by atoms with Crippen molar-refractivity contribution < 1.29 is 22.5 Å². The summed E-state index contributed by atoms with van der Waals surface area (Å²) in [6, 6.07) is 9.37. The van der Waals surface area contributed by atoms with Crippen molar-refractivity contribution in [2.75, 3.05) is 26.2 Å². The quantitative estimate of drug-likeness (QED) is 0.502. The molecule has 1 N–H and O–H groups in total. The van der Waals surface area contributed by atoms with E-state index in [1.54, 1.807) is 0 Å². The van der Waals surface area contributed by atoms with E-state index in [2.05, 4.69) is 4.98 Å². The van der Waals surface area contributed by atoms with Gasteiger partial charge in [-0.2, -0.15) is 4.31 Å². The van der Waals surface area contributed by atoms with E-state index in [1.165, 1.54) is 47.5 Å². The van der Waals surface area contributed by atoms with E-state index in [-0.39, 0.29) is 43.3 Å². The molecule has 3 aromatic rings. The van der Waals surface area contributed by atoms with Gasteiger partial charge in [0, 0.05) is 55.4 Å². The number of aromatic nitrogens is 1. The van der Waals surface area contributed by atoms with Crippen LogP contribution in [0, 0.1) is 15.9 Å². The number of piperazine rings is 1. The lowest BCUT2D eigenvalue weighted by Crippen LogP contribution is -2.50. The molecule has 2 aromatic carbocycles. The number of halogens is 1. The third-order valence-corrected chi connectivity index (χ3v) is 7.02. The normalized spacial score (nSPS) is 15.4. The number of nitrogens with one attached hydrogen (secondary N) is 1. The fourth-order valence-electron chi connectivity index (χ4n) is 3.49. The molecule has 0 atom stereocenters. The molecule has 1 aliphatic heterocycles. The van der Waals surface area contributed by atoms with E-state index in [9.17, 15) is 27.7 Å². The first kappa shape index (κ1) is 20.0. The molecular weight excluding hydrogens is 415 g/mol. The van der Waals surface area contributed by atoms with Gasteiger partial charge in [-0.15, -0.1) is 0 Å². The van der Waals surface area contributed by atoms with E-state index >= 15 is 0 Å². The molecule has 0 bridgehead atoms. The van der Waals surface area contributed by atoms with Gasteiger partial charge in [0.15, 0.2) is 0 Å². The van der Waals surface area contributed by atoms with Gasteiger partial charge in [0.25, 0.3) is 11.6 Å². The van der Waals surface area contributed by atoms with Crippen molar-refractivity contribution in [1.29, 1.82) is 0 Å². The molecule has 0 aliphatic carbocycles. The Morgan fingerprint density at radius 3 is 2.47 bits per heavy atom. The van der Waals surface area contributed by atoms with Crippen molar-refractivity contribution in [2.24, 2.45) is 0 Å². The van der Waals surface area contributed by atoms with Crippen LogP contribution in [0.1, 0.15) is 10.4 Å². The van der Waals surface area contributed by atoms with Gasteiger partial charge in [-0.25, -0.2) is 12.8 Å². The summed E-state index contributed by atoms with van der Waals surface area (Å²) in [4.78, 5) is 27.4. The van der Waals surface area contributed by atoms with Crippen LogP contribution in [0.25, 0.3) is 10.9 Å². The van der Waals surface area contributed by atoms with Gasteiger partial charge in [-0.1, -0.05) is 12.1 Å². The lowest BCUT2D eigenvalue weighted by Gasteiger charge is -2.34. The fourth-order valence-corrected chi connectivity index (χ4v) is 4.98. The molecule has 1 fully saturated rings. The standard InChI is InChI=1S/C19H17FN4O5S/c20-16-3-1-2-4-18(16)30(28,29)23-9-7-22(8-10-23)19(25)15-12-21-17-6-5-13(24(26)27)11-14(15)17/h1-6,11-12,21H,7-10H2. The van der Waals surface area contributed by atoms with Gasteiger partial charge in [-0.3, -0.25) is 14.9 Å². The second-order valence-electron chi connectivity index (χ2n) is 6.82. The molecule has 11 heteroatoms. The number of nitrogens with zero attached hydrogens (tertiary/aromatic N) is 3. The monoisotopic (exact) mass is 432 g/mol. The Balaban J connectivity index is 1.53. The molecule has 4 rings (SSSR count). The number of hydrogen-bond donors (Lipinski definition) is 1. The van der Waals surface area contributed by atoms with Crippen LogP contribution in [0.2, 0.25) is 0 Å². The van der Waals surface area contributed by atoms with Gasteiger partial charge in [0.1, 0.15) is 10.7 Å². The Hall–Kier alpha value is -3.31. The number of carbonyl (C=O) groups excluding carboxylic acids is 1. The number of amides is 1. The number of rotatable bonds is 4. The largest absolute Gasteiger partial charge is 0.360 e. The highest BCUT2D eigenvalue weighted by Crippen LogP contribution is 2.26. The summed E-state index contributed by atoms with van der Waals surface area (Å²) >= 11 is 0. The summed E-state index contributed by atoms with van der Waals surface area (Å²) in [5.41, 5.74) is 0.737. The van der Waals surface area contributed by atoms with Crippen LogP contribution in [-0.2, 0) is 10.0 Å². The Bertz CT molecular complexity index is 1250. The summed E-state index contributed by atoms with van der Waals surface area (Å²) in [5.74, 6) is -1.18. The van der Waals surface area contributed by atoms with Gasteiger partial charge in [-0.05, 0) is 18.2 Å². The predicted molar refractivity (Wildman–Crippen MR) is 106 cm³/mol. The minimum Gasteiger partial charge on any atom is -0.360 e. The topological polar surface area (TPSA) is 117 Å². The van der Waals surface area contributed by atoms with E-state index in [0.717, 1.165) is 10.4 Å². The second kappa shape index (κ2) is 7.50. The zero-order valence-electron chi connectivity index (χ0n) is 15.6. The van der Waals surface area contributed by atoms with E-state index in [1.807, 2.05) is 0 Å². The lowest BCUT2D eigenvalue weighted by atomic mass is 10.1. The molecular formula is C19H17FN4O5S. The molecule has 30 heavy (non-hydrogen) atoms. The van der Waals surface area contributed by atoms with E-state index in [0.29, 0.717) is 10.9 Å². The van der Waals surface area contributed by atoms with Crippen molar-refractivity contribution >= 4 is 32.5 Å². The molecule has 156 valence electrons. The molecule has 1 amide bonds. The first-order valence-corrected chi connectivity index (χ1v) is 10.5. The Morgan fingerprint density at radius 2 is 1.80 bits per heavy atom. The number of benzene rings is 2. The third-order valence-electron chi connectivity index (χ3n) is 5.09. The molecule has 0 radical (unpaired) electrons. The Labute approximate surface area is 170 Å². The average molecular weight is 432 g/mol. The van der Waals surface area contributed by atoms with Gasteiger partial charge in [0.05, 0.1) is 10.5 Å². The van der Waals surface area contributed by atoms with Gasteiger partial charge in [0.2, 0.25) is 10.0 Å². The Morgan fingerprint density at radius 1 is 1.10 bits per heavy atom. The smallest absolute Gasteiger partial charge is 0.270 e. The van der Waals surface area contributed by atoms with Gasteiger partial charge >= 0.3 is 0 Å². The highest BCUT2D eigenvalue weighted by atomic mass is 32.2. The summed E-state index contributed by atoms with van der Waals surface area (Å²) in [6.45, 7) is 0.276. The average Bonchev–Trinajstić information content (AvgIpc) is 3.16. The summed E-state index contributed by atoms with van der Waals surface area (Å²) < 4.78 is 40.5. The maximum Gasteiger partial charge on any atom is 0.270 e. The lowest BCUT2D eigenvalue weighted by molar-refractivity contribution is -0.384. The molecule has 2 heterocycles. The van der Waals surface area contributed by atoms with Crippen LogP contribution in [-0.4, -0.2) is 59.6 Å². The number of non-ortho nitro benzene ring substituents is 1. The van der Waals surface area contributed by atoms with Crippen LogP contribution >= 0.6 is 0 Å². The molecule has 0 unspecified atom stereocenters. The van der Waals surface area contributed by atoms with E-state index in [4.69, 9.17) is 0 Å². The number of H-pyrrole nitrogens is 1. The first-order chi connectivity index (χ1) is 14.3. The van der Waals surface area contributed by atoms with Crippen molar-refractivity contribution in [3.63, 3.8) is 0 Å². The molecule has 1 aromatic heterocycles. The first-order valence-electron chi connectivity index (χ1n) is 9.08. The number of aromatic amines is 1. The number of sulfonamides is 1. The SMILES string of the molecule is O=C(c1c[nH]c2ccc([N+](=O)[O-])cc12)N1CCN(S(=O)(=O)c2ccccc2F)CC1. The summed E-state index contributed by atoms with van der Waals surface area (Å²) in [6.07, 6.45) is 1.49. The van der Waals surface area contributed by atoms with Crippen molar-refractivity contribution in [3.8, 4) is 0 Å². The van der Waals surface area contributed by atoms with Crippen molar-refractivity contribution in [1.82, 2.24) is 14.2 Å². The minimum absolute atomic E-state index is 0.0188. The van der Waals surface area contributed by atoms with Crippen LogP contribution < -0.4 is 0 Å². The third kappa shape index (κ3) is 3.42.